The molecule has 0 radical (unpaired) electrons. The van der Waals surface area contributed by atoms with E-state index in [0.29, 0.717) is 11.1 Å². The molecule has 2 N–H and O–H groups in total. The topological polar surface area (TPSA) is 55.0 Å². The Bertz CT molecular complexity index is 591. The zero-order valence-corrected chi connectivity index (χ0v) is 11.6. The van der Waals surface area contributed by atoms with Gasteiger partial charge in [0.1, 0.15) is 11.0 Å². The molecular formula is C14H17ClN4. The second-order valence-corrected chi connectivity index (χ2v) is 5.73. The first kappa shape index (κ1) is 12.6. The fourth-order valence-electron chi connectivity index (χ4n) is 2.84. The Labute approximate surface area is 117 Å². The summed E-state index contributed by atoms with van der Waals surface area (Å²) in [5, 5.41) is 1.51. The van der Waals surface area contributed by atoms with Crippen LogP contribution in [0.2, 0.25) is 5.15 Å². The van der Waals surface area contributed by atoms with Crippen LogP contribution in [0.5, 0.6) is 0 Å². The summed E-state index contributed by atoms with van der Waals surface area (Å²) in [7, 11) is 0. The summed E-state index contributed by atoms with van der Waals surface area (Å²) in [6, 6.07) is 5.95. The minimum atomic E-state index is 0.191. The molecule has 0 amide bonds. The van der Waals surface area contributed by atoms with Gasteiger partial charge in [0.25, 0.3) is 0 Å². The second kappa shape index (κ2) is 4.94. The van der Waals surface area contributed by atoms with Gasteiger partial charge in [0.05, 0.1) is 5.52 Å². The summed E-state index contributed by atoms with van der Waals surface area (Å²) >= 11 is 6.11. The van der Waals surface area contributed by atoms with Gasteiger partial charge in [0.2, 0.25) is 0 Å². The van der Waals surface area contributed by atoms with Crippen LogP contribution < -0.4 is 10.6 Å². The average Bonchev–Trinajstić information content (AvgIpc) is 2.36. The molecule has 0 aromatic carbocycles. The van der Waals surface area contributed by atoms with Gasteiger partial charge in [-0.25, -0.2) is 4.98 Å². The summed E-state index contributed by atoms with van der Waals surface area (Å²) in [5.74, 6) is 1.47. The highest BCUT2D eigenvalue weighted by Gasteiger charge is 2.24. The predicted octanol–water partition coefficient (Wildman–Crippen LogP) is 2.46. The molecule has 1 fully saturated rings. The highest BCUT2D eigenvalue weighted by molar-refractivity contribution is 6.30. The fourth-order valence-corrected chi connectivity index (χ4v) is 3.03. The average molecular weight is 277 g/mol. The number of hydrogen-bond donors (Lipinski definition) is 1. The van der Waals surface area contributed by atoms with Crippen LogP contribution in [0.1, 0.15) is 13.3 Å². The quantitative estimate of drug-likeness (QED) is 0.813. The Morgan fingerprint density at radius 3 is 3.05 bits per heavy atom. The van der Waals surface area contributed by atoms with Crippen LogP contribution in [0, 0.1) is 5.92 Å². The number of pyridine rings is 2. The minimum absolute atomic E-state index is 0.191. The number of aromatic nitrogens is 2. The van der Waals surface area contributed by atoms with Crippen molar-refractivity contribution < 1.29 is 0 Å². The van der Waals surface area contributed by atoms with Crippen molar-refractivity contribution in [3.05, 3.63) is 29.5 Å². The lowest BCUT2D eigenvalue weighted by Gasteiger charge is -2.36. The Hall–Kier alpha value is -1.39. The van der Waals surface area contributed by atoms with Gasteiger partial charge in [-0.1, -0.05) is 18.5 Å². The number of piperidine rings is 1. The molecule has 5 heteroatoms. The first-order valence-electron chi connectivity index (χ1n) is 6.55. The van der Waals surface area contributed by atoms with Crippen molar-refractivity contribution in [2.45, 2.75) is 19.4 Å². The largest absolute Gasteiger partial charge is 0.354 e. The summed E-state index contributed by atoms with van der Waals surface area (Å²) in [6.45, 7) is 4.00. The van der Waals surface area contributed by atoms with Crippen molar-refractivity contribution in [3.63, 3.8) is 0 Å². The van der Waals surface area contributed by atoms with Gasteiger partial charge in [-0.2, -0.15) is 0 Å². The van der Waals surface area contributed by atoms with Crippen LogP contribution in [0.25, 0.3) is 10.9 Å². The Morgan fingerprint density at radius 2 is 2.26 bits per heavy atom. The smallest absolute Gasteiger partial charge is 0.139 e. The molecule has 3 rings (SSSR count). The highest BCUT2D eigenvalue weighted by atomic mass is 35.5. The van der Waals surface area contributed by atoms with E-state index in [1.165, 1.54) is 0 Å². The fraction of sp³-hybridized carbons (Fsp3) is 0.429. The van der Waals surface area contributed by atoms with Crippen LogP contribution in [0.15, 0.2) is 24.4 Å². The van der Waals surface area contributed by atoms with Crippen LogP contribution in [-0.2, 0) is 0 Å². The zero-order chi connectivity index (χ0) is 13.4. The molecule has 0 spiro atoms. The molecule has 2 aromatic rings. The molecule has 2 aromatic heterocycles. The molecule has 2 unspecified atom stereocenters. The van der Waals surface area contributed by atoms with Crippen molar-refractivity contribution in [2.24, 2.45) is 11.7 Å². The van der Waals surface area contributed by atoms with Gasteiger partial charge >= 0.3 is 0 Å². The van der Waals surface area contributed by atoms with Gasteiger partial charge < -0.3 is 10.6 Å². The van der Waals surface area contributed by atoms with Crippen molar-refractivity contribution in [1.82, 2.24) is 9.97 Å². The molecule has 1 saturated heterocycles. The van der Waals surface area contributed by atoms with E-state index in [2.05, 4.69) is 21.8 Å². The van der Waals surface area contributed by atoms with Crippen LogP contribution in [0.3, 0.4) is 0 Å². The van der Waals surface area contributed by atoms with Gasteiger partial charge in [0, 0.05) is 36.8 Å². The number of rotatable bonds is 1. The molecule has 0 aliphatic carbocycles. The second-order valence-electron chi connectivity index (χ2n) is 5.34. The van der Waals surface area contributed by atoms with E-state index in [1.807, 2.05) is 12.1 Å². The highest BCUT2D eigenvalue weighted by Crippen LogP contribution is 2.29. The number of halogens is 1. The summed E-state index contributed by atoms with van der Waals surface area (Å²) in [4.78, 5) is 11.1. The van der Waals surface area contributed by atoms with E-state index in [0.717, 1.165) is 36.2 Å². The number of anilines is 1. The van der Waals surface area contributed by atoms with E-state index >= 15 is 0 Å². The van der Waals surface area contributed by atoms with E-state index in [-0.39, 0.29) is 6.04 Å². The molecule has 3 heterocycles. The van der Waals surface area contributed by atoms with Crippen LogP contribution in [-0.4, -0.2) is 29.1 Å². The molecule has 2 atom stereocenters. The van der Waals surface area contributed by atoms with Crippen molar-refractivity contribution in [2.75, 3.05) is 18.0 Å². The number of nitrogens with two attached hydrogens (primary N) is 1. The number of nitrogens with zero attached hydrogens (tertiary/aromatic N) is 3. The Morgan fingerprint density at radius 1 is 1.42 bits per heavy atom. The molecule has 100 valence electrons. The first-order valence-corrected chi connectivity index (χ1v) is 6.93. The summed E-state index contributed by atoms with van der Waals surface area (Å²) in [6.07, 6.45) is 2.83. The van der Waals surface area contributed by atoms with Gasteiger partial charge in [-0.05, 0) is 24.5 Å². The van der Waals surface area contributed by atoms with Crippen molar-refractivity contribution in [3.8, 4) is 0 Å². The summed E-state index contributed by atoms with van der Waals surface area (Å²) < 4.78 is 0. The third-order valence-electron chi connectivity index (χ3n) is 3.54. The van der Waals surface area contributed by atoms with E-state index in [1.54, 1.807) is 12.3 Å². The first-order chi connectivity index (χ1) is 9.13. The maximum Gasteiger partial charge on any atom is 0.139 e. The lowest BCUT2D eigenvalue weighted by molar-refractivity contribution is 0.400. The minimum Gasteiger partial charge on any atom is -0.354 e. The third-order valence-corrected chi connectivity index (χ3v) is 3.73. The standard InChI is InChI=1S/C14H17ClN4/c1-9-5-10(16)8-19(7-9)14-11-3-2-4-17-12(11)6-13(15)18-14/h2-4,6,9-10H,5,7-8,16H2,1H3. The molecule has 4 nitrogen and oxygen atoms in total. The Kier molecular flexibility index (Phi) is 3.29. The van der Waals surface area contributed by atoms with E-state index in [9.17, 15) is 0 Å². The summed E-state index contributed by atoms with van der Waals surface area (Å²) in [5.41, 5.74) is 7.00. The molecule has 1 aliphatic rings. The predicted molar refractivity (Wildman–Crippen MR) is 78.5 cm³/mol. The maximum absolute atomic E-state index is 6.12. The van der Waals surface area contributed by atoms with Gasteiger partial charge in [0.15, 0.2) is 0 Å². The Balaban J connectivity index is 2.08. The number of fused-ring (bicyclic) bond motifs is 1. The maximum atomic E-state index is 6.12. The monoisotopic (exact) mass is 276 g/mol. The molecule has 0 bridgehead atoms. The molecule has 1 aliphatic heterocycles. The molecular weight excluding hydrogens is 260 g/mol. The van der Waals surface area contributed by atoms with Gasteiger partial charge in [-0.15, -0.1) is 0 Å². The molecule has 19 heavy (non-hydrogen) atoms. The lowest BCUT2D eigenvalue weighted by atomic mass is 9.96. The van der Waals surface area contributed by atoms with Crippen LogP contribution in [0.4, 0.5) is 5.82 Å². The third kappa shape index (κ3) is 2.51. The van der Waals surface area contributed by atoms with Crippen molar-refractivity contribution in [1.29, 1.82) is 0 Å². The number of hydrogen-bond acceptors (Lipinski definition) is 4. The zero-order valence-electron chi connectivity index (χ0n) is 10.9. The van der Waals surface area contributed by atoms with E-state index < -0.39 is 0 Å². The van der Waals surface area contributed by atoms with Crippen LogP contribution >= 0.6 is 11.6 Å². The SMILES string of the molecule is CC1CC(N)CN(c2nc(Cl)cc3ncccc23)C1. The molecule has 0 saturated carbocycles. The normalized spacial score (nSPS) is 23.8. The lowest BCUT2D eigenvalue weighted by Crippen LogP contribution is -2.46. The van der Waals surface area contributed by atoms with E-state index in [4.69, 9.17) is 17.3 Å². The van der Waals surface area contributed by atoms with Crippen molar-refractivity contribution >= 4 is 28.3 Å². The van der Waals surface area contributed by atoms with Gasteiger partial charge in [-0.3, -0.25) is 4.98 Å².